The molecule has 2 aromatic heterocycles. The molecular weight excluding hydrogens is 260 g/mol. The van der Waals surface area contributed by atoms with Crippen LogP contribution >= 0.6 is 0 Å². The highest BCUT2D eigenvalue weighted by Gasteiger charge is 2.32. The summed E-state index contributed by atoms with van der Waals surface area (Å²) in [6, 6.07) is 5.24. The maximum absolute atomic E-state index is 11.2. The topological polar surface area (TPSA) is 96.1 Å². The number of fused-ring (bicyclic) bond motifs is 1. The molecule has 0 saturated carbocycles. The number of hydrogen-bond acceptors (Lipinski definition) is 5. The lowest BCUT2D eigenvalue weighted by molar-refractivity contribution is -0.679. The van der Waals surface area contributed by atoms with Gasteiger partial charge in [-0.2, -0.15) is 15.0 Å². The Labute approximate surface area is 114 Å². The monoisotopic (exact) mass is 272 g/mol. The van der Waals surface area contributed by atoms with E-state index in [0.29, 0.717) is 12.4 Å². The zero-order chi connectivity index (χ0) is 14.1. The van der Waals surface area contributed by atoms with Crippen molar-refractivity contribution in [3.63, 3.8) is 0 Å². The van der Waals surface area contributed by atoms with Crippen molar-refractivity contribution in [3.05, 3.63) is 46.8 Å². The fourth-order valence-corrected chi connectivity index (χ4v) is 2.22. The lowest BCUT2D eigenvalue weighted by Gasteiger charge is -2.20. The molecule has 0 radical (unpaired) electrons. The Balaban J connectivity index is 2.04. The molecule has 8 heteroatoms. The number of pyridine rings is 1. The Bertz CT molecular complexity index is 701. The van der Waals surface area contributed by atoms with Gasteiger partial charge in [0.15, 0.2) is 17.9 Å². The Kier molecular flexibility index (Phi) is 2.90. The van der Waals surface area contributed by atoms with Crippen LogP contribution in [0.15, 0.2) is 35.7 Å². The molecule has 1 aliphatic heterocycles. The summed E-state index contributed by atoms with van der Waals surface area (Å²) in [6.07, 6.45) is 4.97. The molecule has 0 fully saturated rings. The number of aliphatic imine (C=N–C) groups is 1. The molecule has 0 bridgehead atoms. The fraction of sp³-hybridized carbons (Fsp3) is 0.250. The number of aromatic nitrogens is 4. The van der Waals surface area contributed by atoms with Crippen LogP contribution in [-0.4, -0.2) is 31.6 Å². The van der Waals surface area contributed by atoms with E-state index in [2.05, 4.69) is 15.1 Å². The molecule has 0 aliphatic carbocycles. The second kappa shape index (κ2) is 4.72. The van der Waals surface area contributed by atoms with Gasteiger partial charge in [-0.3, -0.25) is 0 Å². The van der Waals surface area contributed by atoms with Gasteiger partial charge < -0.3 is 10.4 Å². The fourth-order valence-electron chi connectivity index (χ4n) is 2.22. The lowest BCUT2D eigenvalue weighted by atomic mass is 10.1. The van der Waals surface area contributed by atoms with Gasteiger partial charge in [0, 0.05) is 12.1 Å². The van der Waals surface area contributed by atoms with Gasteiger partial charge >= 0.3 is 0 Å². The van der Waals surface area contributed by atoms with Crippen LogP contribution in [0.25, 0.3) is 0 Å². The van der Waals surface area contributed by atoms with Crippen molar-refractivity contribution in [2.45, 2.75) is 12.5 Å². The lowest BCUT2D eigenvalue weighted by Crippen LogP contribution is -2.38. The van der Waals surface area contributed by atoms with Gasteiger partial charge in [0.05, 0.1) is 6.42 Å². The first kappa shape index (κ1) is 12.3. The molecule has 2 aromatic rings. The minimum Gasteiger partial charge on any atom is -0.612 e. The quantitative estimate of drug-likeness (QED) is 0.438. The van der Waals surface area contributed by atoms with E-state index in [0.717, 1.165) is 5.69 Å². The van der Waals surface area contributed by atoms with Crippen molar-refractivity contribution >= 4 is 17.9 Å². The molecule has 1 atom stereocenters. The zero-order valence-corrected chi connectivity index (χ0v) is 10.7. The first-order chi connectivity index (χ1) is 9.66. The van der Waals surface area contributed by atoms with Crippen LogP contribution in [0.2, 0.25) is 0 Å². The Morgan fingerprint density at radius 1 is 1.40 bits per heavy atom. The summed E-state index contributed by atoms with van der Waals surface area (Å²) in [5.41, 5.74) is 0.987. The van der Waals surface area contributed by atoms with Crippen LogP contribution in [0.5, 0.6) is 0 Å². The van der Waals surface area contributed by atoms with E-state index >= 15 is 0 Å². The SMILES string of the molecule is C[n+]1ccccc1C[C@H]1C(=[N+]([O-])[O-])C=Nc2ncnn21. The van der Waals surface area contributed by atoms with Crippen LogP contribution in [0.4, 0.5) is 5.95 Å². The molecule has 3 heterocycles. The van der Waals surface area contributed by atoms with Crippen LogP contribution in [0.1, 0.15) is 11.7 Å². The smallest absolute Gasteiger partial charge is 0.248 e. The average Bonchev–Trinajstić information content (AvgIpc) is 2.90. The van der Waals surface area contributed by atoms with E-state index in [-0.39, 0.29) is 5.71 Å². The van der Waals surface area contributed by atoms with E-state index in [9.17, 15) is 10.4 Å². The molecule has 20 heavy (non-hydrogen) atoms. The summed E-state index contributed by atoms with van der Waals surface area (Å²) in [5.74, 6) is 0.388. The standard InChI is InChI=1S/C12H12N6O2/c1-16-5-3-2-4-9(16)6-10-11(18(19)20)7-13-12-14-8-15-17(10)12/h2-5,7-8,10H,6H2,1H3/t10-/m0/s1. The maximum atomic E-state index is 11.2. The summed E-state index contributed by atoms with van der Waals surface area (Å²) < 4.78 is 3.42. The molecule has 0 aromatic carbocycles. The Morgan fingerprint density at radius 3 is 3.00 bits per heavy atom. The zero-order valence-electron chi connectivity index (χ0n) is 10.7. The van der Waals surface area contributed by atoms with Crippen molar-refractivity contribution in [1.29, 1.82) is 0 Å². The molecular formula is C12H12N6O2. The number of aryl methyl sites for hydroxylation is 1. The Hall–Kier alpha value is -2.77. The van der Waals surface area contributed by atoms with E-state index in [1.807, 2.05) is 36.0 Å². The van der Waals surface area contributed by atoms with Gasteiger partial charge in [0.2, 0.25) is 11.7 Å². The highest BCUT2D eigenvalue weighted by Crippen LogP contribution is 2.22. The normalized spacial score (nSPS) is 17.1. The predicted octanol–water partition coefficient (Wildman–Crippen LogP) is 0.0514. The predicted molar refractivity (Wildman–Crippen MR) is 70.5 cm³/mol. The molecule has 0 spiro atoms. The molecule has 0 unspecified atom stereocenters. The third-order valence-corrected chi connectivity index (χ3v) is 3.28. The van der Waals surface area contributed by atoms with Crippen LogP contribution in [0.3, 0.4) is 0 Å². The summed E-state index contributed by atoms with van der Waals surface area (Å²) in [6.45, 7) is 0. The van der Waals surface area contributed by atoms with E-state index < -0.39 is 10.9 Å². The maximum Gasteiger partial charge on any atom is 0.248 e. The average molecular weight is 272 g/mol. The van der Waals surface area contributed by atoms with Gasteiger partial charge in [-0.1, -0.05) is 6.07 Å². The van der Waals surface area contributed by atoms with Gasteiger partial charge in [-0.25, -0.2) is 14.2 Å². The molecule has 8 nitrogen and oxygen atoms in total. The number of rotatable bonds is 2. The van der Waals surface area contributed by atoms with Gasteiger partial charge in [-0.05, 0) is 0 Å². The minimum atomic E-state index is -0.506. The van der Waals surface area contributed by atoms with Gasteiger partial charge in [0.1, 0.15) is 19.6 Å². The minimum absolute atomic E-state index is 0.0202. The summed E-state index contributed by atoms with van der Waals surface area (Å²) in [7, 11) is 1.90. The molecule has 3 rings (SSSR count). The third-order valence-electron chi connectivity index (χ3n) is 3.28. The van der Waals surface area contributed by atoms with Crippen LogP contribution in [-0.2, 0) is 13.5 Å². The van der Waals surface area contributed by atoms with Crippen molar-refractivity contribution < 1.29 is 9.47 Å². The first-order valence-corrected chi connectivity index (χ1v) is 6.05. The first-order valence-electron chi connectivity index (χ1n) is 6.05. The van der Waals surface area contributed by atoms with Crippen molar-refractivity contribution in [2.24, 2.45) is 12.0 Å². The number of hydrogen-bond donors (Lipinski definition) is 0. The molecule has 0 amide bonds. The van der Waals surface area contributed by atoms with Crippen LogP contribution < -0.4 is 4.57 Å². The molecule has 102 valence electrons. The summed E-state index contributed by atoms with van der Waals surface area (Å²) in [5, 5.41) is 26.4. The third kappa shape index (κ3) is 2.00. The van der Waals surface area contributed by atoms with Crippen molar-refractivity contribution in [1.82, 2.24) is 14.8 Å². The van der Waals surface area contributed by atoms with E-state index in [1.165, 1.54) is 17.2 Å². The summed E-state index contributed by atoms with van der Waals surface area (Å²) >= 11 is 0. The largest absolute Gasteiger partial charge is 0.612 e. The van der Waals surface area contributed by atoms with Gasteiger partial charge in [0.25, 0.3) is 0 Å². The van der Waals surface area contributed by atoms with E-state index in [1.54, 1.807) is 0 Å². The second-order valence-electron chi connectivity index (χ2n) is 4.47. The molecule has 0 saturated heterocycles. The van der Waals surface area contributed by atoms with E-state index in [4.69, 9.17) is 0 Å². The highest BCUT2D eigenvalue weighted by atomic mass is 16.8. The van der Waals surface area contributed by atoms with Crippen molar-refractivity contribution in [3.8, 4) is 0 Å². The molecule has 0 N–H and O–H groups in total. The second-order valence-corrected chi connectivity index (χ2v) is 4.47. The highest BCUT2D eigenvalue weighted by molar-refractivity contribution is 6.31. The van der Waals surface area contributed by atoms with Gasteiger partial charge in [-0.15, -0.1) is 0 Å². The summed E-state index contributed by atoms with van der Waals surface area (Å²) in [4.78, 5) is 7.51. The number of nitrogens with zero attached hydrogens (tertiary/aromatic N) is 6. The van der Waals surface area contributed by atoms with Crippen molar-refractivity contribution in [2.75, 3.05) is 0 Å². The Morgan fingerprint density at radius 2 is 2.25 bits per heavy atom. The van der Waals surface area contributed by atoms with Crippen LogP contribution in [0, 0.1) is 10.4 Å². The molecule has 1 aliphatic rings.